The van der Waals surface area contributed by atoms with E-state index in [0.29, 0.717) is 5.75 Å². The average molecular weight is 362 g/mol. The zero-order valence-electron chi connectivity index (χ0n) is 14.2. The fourth-order valence-electron chi connectivity index (χ4n) is 3.76. The van der Waals surface area contributed by atoms with E-state index in [2.05, 4.69) is 5.32 Å². The first-order chi connectivity index (χ1) is 12.1. The summed E-state index contributed by atoms with van der Waals surface area (Å²) in [4.78, 5) is 26.5. The highest BCUT2D eigenvalue weighted by Crippen LogP contribution is 2.45. The Labute approximate surface area is 151 Å². The number of carbonyl (C=O) groups is 2. The first-order valence-electron chi connectivity index (χ1n) is 8.83. The molecule has 1 saturated carbocycles. The molecule has 1 saturated heterocycles. The minimum absolute atomic E-state index is 0.0981. The third-order valence-corrected chi connectivity index (χ3v) is 6.46. The largest absolute Gasteiger partial charge is 0.454 e. The van der Waals surface area contributed by atoms with Gasteiger partial charge in [-0.1, -0.05) is 37.1 Å². The van der Waals surface area contributed by atoms with Crippen LogP contribution in [-0.2, 0) is 0 Å². The van der Waals surface area contributed by atoms with Crippen LogP contribution in [0.25, 0.3) is 0 Å². The van der Waals surface area contributed by atoms with E-state index in [-0.39, 0.29) is 35.4 Å². The summed E-state index contributed by atoms with van der Waals surface area (Å²) in [5, 5.41) is 2.75. The minimum atomic E-state index is -0.264. The van der Waals surface area contributed by atoms with Crippen molar-refractivity contribution >= 4 is 23.0 Å². The van der Waals surface area contributed by atoms with E-state index in [0.717, 1.165) is 37.0 Å². The average Bonchev–Trinajstić information content (AvgIpc) is 3.19. The van der Waals surface area contributed by atoms with Gasteiger partial charge < -0.3 is 14.8 Å². The number of urea groups is 1. The fraction of sp³-hybridized carbons (Fsp3) is 0.556. The van der Waals surface area contributed by atoms with Gasteiger partial charge >= 0.3 is 6.03 Å². The van der Waals surface area contributed by atoms with Crippen LogP contribution in [0.5, 0.6) is 11.5 Å². The van der Waals surface area contributed by atoms with Gasteiger partial charge in [0, 0.05) is 6.04 Å². The number of imide groups is 1. The summed E-state index contributed by atoms with van der Waals surface area (Å²) in [6.45, 7) is 2.15. The number of amides is 3. The first kappa shape index (κ1) is 16.6. The Kier molecular flexibility index (Phi) is 4.50. The second kappa shape index (κ2) is 6.78. The molecule has 2 heterocycles. The second-order valence-electron chi connectivity index (χ2n) is 6.81. The highest BCUT2D eigenvalue weighted by atomic mass is 32.2. The summed E-state index contributed by atoms with van der Waals surface area (Å²) in [5.74, 6) is 1.42. The normalized spacial score (nSPS) is 26.1. The molecule has 1 aromatic rings. The lowest BCUT2D eigenvalue weighted by atomic mass is 9.96. The molecule has 0 aromatic heterocycles. The Hall–Kier alpha value is -1.89. The zero-order chi connectivity index (χ0) is 17.4. The van der Waals surface area contributed by atoms with Crippen molar-refractivity contribution in [1.82, 2.24) is 10.2 Å². The number of nitrogens with one attached hydrogen (secondary N) is 1. The van der Waals surface area contributed by atoms with Crippen LogP contribution in [0.3, 0.4) is 0 Å². The molecule has 2 atom stereocenters. The lowest BCUT2D eigenvalue weighted by molar-refractivity contribution is 0.174. The summed E-state index contributed by atoms with van der Waals surface area (Å²) in [7, 11) is 0. The van der Waals surface area contributed by atoms with Crippen molar-refractivity contribution in [2.24, 2.45) is 0 Å². The molecular formula is C18H22N2O4S. The SMILES string of the molecule is C[C@H]1[C@H](c2ccc3c(c2)OCO3)SC(=O)N1C(=O)NC1CCCCC1. The molecule has 1 aliphatic carbocycles. The number of rotatable bonds is 2. The molecule has 1 N–H and O–H groups in total. The highest BCUT2D eigenvalue weighted by molar-refractivity contribution is 8.14. The molecule has 0 spiro atoms. The van der Waals surface area contributed by atoms with Crippen LogP contribution in [0.1, 0.15) is 49.8 Å². The smallest absolute Gasteiger partial charge is 0.325 e. The minimum Gasteiger partial charge on any atom is -0.454 e. The topological polar surface area (TPSA) is 67.9 Å². The number of ether oxygens (including phenoxy) is 2. The van der Waals surface area contributed by atoms with Gasteiger partial charge in [-0.2, -0.15) is 0 Å². The second-order valence-corrected chi connectivity index (χ2v) is 7.90. The van der Waals surface area contributed by atoms with Gasteiger partial charge in [0.05, 0.1) is 11.3 Å². The summed E-state index contributed by atoms with van der Waals surface area (Å²) in [6, 6.07) is 5.43. The molecular weight excluding hydrogens is 340 g/mol. The van der Waals surface area contributed by atoms with E-state index in [9.17, 15) is 9.59 Å². The molecule has 0 unspecified atom stereocenters. The van der Waals surface area contributed by atoms with Crippen molar-refractivity contribution in [3.8, 4) is 11.5 Å². The van der Waals surface area contributed by atoms with E-state index in [1.165, 1.54) is 23.1 Å². The number of benzene rings is 1. The molecule has 1 aromatic carbocycles. The van der Waals surface area contributed by atoms with Gasteiger partial charge in [-0.3, -0.25) is 9.69 Å². The maximum Gasteiger partial charge on any atom is 0.325 e. The number of hydrogen-bond acceptors (Lipinski definition) is 5. The maximum absolute atomic E-state index is 12.6. The number of fused-ring (bicyclic) bond motifs is 1. The molecule has 2 fully saturated rings. The third kappa shape index (κ3) is 3.17. The summed E-state index contributed by atoms with van der Waals surface area (Å²) < 4.78 is 10.8. The summed E-state index contributed by atoms with van der Waals surface area (Å²) in [6.07, 6.45) is 5.52. The van der Waals surface area contributed by atoms with E-state index >= 15 is 0 Å². The van der Waals surface area contributed by atoms with Crippen LogP contribution in [0.4, 0.5) is 9.59 Å². The Balaban J connectivity index is 1.47. The highest BCUT2D eigenvalue weighted by Gasteiger charge is 2.43. The summed E-state index contributed by atoms with van der Waals surface area (Å²) in [5.41, 5.74) is 0.975. The fourth-order valence-corrected chi connectivity index (χ4v) is 4.94. The van der Waals surface area contributed by atoms with E-state index in [1.54, 1.807) is 0 Å². The van der Waals surface area contributed by atoms with Crippen molar-refractivity contribution in [1.29, 1.82) is 0 Å². The molecule has 4 rings (SSSR count). The molecule has 0 bridgehead atoms. The number of thioether (sulfide) groups is 1. The van der Waals surface area contributed by atoms with Crippen molar-refractivity contribution in [2.45, 2.75) is 56.4 Å². The van der Waals surface area contributed by atoms with Gasteiger partial charge in [-0.25, -0.2) is 4.79 Å². The van der Waals surface area contributed by atoms with Crippen LogP contribution in [0, 0.1) is 0 Å². The Morgan fingerprint density at radius 1 is 1.20 bits per heavy atom. The quantitative estimate of drug-likeness (QED) is 0.859. The van der Waals surface area contributed by atoms with E-state index in [1.807, 2.05) is 25.1 Å². The lowest BCUT2D eigenvalue weighted by Crippen LogP contribution is -2.48. The number of nitrogens with zero attached hydrogens (tertiary/aromatic N) is 1. The summed E-state index contributed by atoms with van der Waals surface area (Å²) >= 11 is 1.20. The lowest BCUT2D eigenvalue weighted by Gasteiger charge is -2.27. The zero-order valence-corrected chi connectivity index (χ0v) is 15.0. The van der Waals surface area contributed by atoms with Crippen molar-refractivity contribution < 1.29 is 19.1 Å². The van der Waals surface area contributed by atoms with Crippen LogP contribution >= 0.6 is 11.8 Å². The van der Waals surface area contributed by atoms with Gasteiger partial charge in [0.25, 0.3) is 5.24 Å². The molecule has 3 amide bonds. The predicted octanol–water partition coefficient (Wildman–Crippen LogP) is 4.06. The molecule has 134 valence electrons. The van der Waals surface area contributed by atoms with E-state index < -0.39 is 0 Å². The number of carbonyl (C=O) groups excluding carboxylic acids is 2. The first-order valence-corrected chi connectivity index (χ1v) is 9.71. The monoisotopic (exact) mass is 362 g/mol. The van der Waals surface area contributed by atoms with Gasteiger partial charge in [0.2, 0.25) is 6.79 Å². The van der Waals surface area contributed by atoms with Gasteiger partial charge in [0.15, 0.2) is 11.5 Å². The molecule has 0 radical (unpaired) electrons. The van der Waals surface area contributed by atoms with E-state index in [4.69, 9.17) is 9.47 Å². The van der Waals surface area contributed by atoms with Gasteiger partial charge in [0.1, 0.15) is 0 Å². The van der Waals surface area contributed by atoms with Gasteiger partial charge in [-0.05, 0) is 37.5 Å². The van der Waals surface area contributed by atoms with Crippen LogP contribution in [0.2, 0.25) is 0 Å². The Morgan fingerprint density at radius 2 is 1.96 bits per heavy atom. The molecule has 6 nitrogen and oxygen atoms in total. The number of hydrogen-bond donors (Lipinski definition) is 1. The third-order valence-electron chi connectivity index (χ3n) is 5.15. The van der Waals surface area contributed by atoms with Crippen LogP contribution in [0.15, 0.2) is 18.2 Å². The Morgan fingerprint density at radius 3 is 2.76 bits per heavy atom. The molecule has 7 heteroatoms. The molecule has 2 aliphatic heterocycles. The van der Waals surface area contributed by atoms with Crippen LogP contribution < -0.4 is 14.8 Å². The van der Waals surface area contributed by atoms with Crippen LogP contribution in [-0.4, -0.2) is 35.0 Å². The Bertz CT molecular complexity index is 690. The maximum atomic E-state index is 12.6. The van der Waals surface area contributed by atoms with Gasteiger partial charge in [-0.15, -0.1) is 0 Å². The molecule has 25 heavy (non-hydrogen) atoms. The van der Waals surface area contributed by atoms with Crippen molar-refractivity contribution in [3.05, 3.63) is 23.8 Å². The van der Waals surface area contributed by atoms with Crippen molar-refractivity contribution in [2.75, 3.05) is 6.79 Å². The molecule has 3 aliphatic rings. The predicted molar refractivity (Wildman–Crippen MR) is 95.0 cm³/mol. The van der Waals surface area contributed by atoms with Crippen molar-refractivity contribution in [3.63, 3.8) is 0 Å². The standard InChI is InChI=1S/C18H22N2O4S/c1-11-16(12-7-8-14-15(9-12)24-10-23-14)25-18(22)20(11)17(21)19-13-5-3-2-4-6-13/h7-9,11,13,16H,2-6,10H2,1H3,(H,19,21)/t11-,16+/m0/s1.